The largest absolute Gasteiger partial charge is 0.353 e. The average Bonchev–Trinajstić information content (AvgIpc) is 2.74. The van der Waals surface area contributed by atoms with Crippen molar-refractivity contribution in [3.05, 3.63) is 0 Å². The highest BCUT2D eigenvalue weighted by molar-refractivity contribution is 5.80. The second-order valence-corrected chi connectivity index (χ2v) is 6.18. The topological polar surface area (TPSA) is 41.1 Å². The zero-order valence-electron chi connectivity index (χ0n) is 10.7. The van der Waals surface area contributed by atoms with Crippen molar-refractivity contribution in [3.8, 4) is 0 Å². The second kappa shape index (κ2) is 4.36. The molecule has 0 aromatic rings. The molecule has 0 aromatic heterocycles. The summed E-state index contributed by atoms with van der Waals surface area (Å²) in [5.41, 5.74) is 0.283. The number of nitrogens with one attached hydrogen (secondary N) is 2. The highest BCUT2D eigenvalue weighted by atomic mass is 16.2. The van der Waals surface area contributed by atoms with Gasteiger partial charge in [-0.25, -0.2) is 0 Å². The Kier molecular flexibility index (Phi) is 3.24. The van der Waals surface area contributed by atoms with E-state index in [2.05, 4.69) is 31.4 Å². The van der Waals surface area contributed by atoms with Gasteiger partial charge < -0.3 is 10.6 Å². The number of carbonyl (C=O) groups excluding carboxylic acids is 1. The molecule has 92 valence electrons. The molecule has 0 spiro atoms. The molecule has 0 bridgehead atoms. The molecule has 2 aliphatic rings. The van der Waals surface area contributed by atoms with E-state index in [0.717, 1.165) is 19.5 Å². The van der Waals surface area contributed by atoms with Crippen molar-refractivity contribution < 1.29 is 4.79 Å². The lowest BCUT2D eigenvalue weighted by molar-refractivity contribution is -0.126. The van der Waals surface area contributed by atoms with E-state index in [4.69, 9.17) is 0 Å². The van der Waals surface area contributed by atoms with Crippen molar-refractivity contribution in [2.24, 2.45) is 17.3 Å². The molecular formula is C13H24N2O. The fraction of sp³-hybridized carbons (Fsp3) is 0.923. The molecule has 1 heterocycles. The van der Waals surface area contributed by atoms with Crippen LogP contribution < -0.4 is 10.6 Å². The summed E-state index contributed by atoms with van der Waals surface area (Å²) >= 11 is 0. The van der Waals surface area contributed by atoms with Gasteiger partial charge in [-0.05, 0) is 30.7 Å². The zero-order valence-corrected chi connectivity index (χ0v) is 10.7. The summed E-state index contributed by atoms with van der Waals surface area (Å²) in [6, 6.07) is 0.382. The van der Waals surface area contributed by atoms with E-state index in [1.54, 1.807) is 0 Å². The van der Waals surface area contributed by atoms with Gasteiger partial charge in [-0.1, -0.05) is 27.2 Å². The van der Waals surface area contributed by atoms with Crippen molar-refractivity contribution in [3.63, 3.8) is 0 Å². The Balaban J connectivity index is 1.92. The van der Waals surface area contributed by atoms with Gasteiger partial charge in [0.1, 0.15) is 0 Å². The van der Waals surface area contributed by atoms with Crippen molar-refractivity contribution in [2.75, 3.05) is 13.1 Å². The van der Waals surface area contributed by atoms with Crippen LogP contribution in [0.5, 0.6) is 0 Å². The molecule has 1 saturated carbocycles. The molecule has 1 aliphatic carbocycles. The van der Waals surface area contributed by atoms with Crippen molar-refractivity contribution in [2.45, 2.75) is 46.1 Å². The Morgan fingerprint density at radius 1 is 1.38 bits per heavy atom. The molecule has 1 aliphatic heterocycles. The Labute approximate surface area is 98.4 Å². The lowest BCUT2D eigenvalue weighted by atomic mass is 9.86. The molecule has 16 heavy (non-hydrogen) atoms. The number of hydrogen-bond acceptors (Lipinski definition) is 2. The van der Waals surface area contributed by atoms with Gasteiger partial charge in [-0.3, -0.25) is 4.79 Å². The van der Waals surface area contributed by atoms with E-state index >= 15 is 0 Å². The minimum Gasteiger partial charge on any atom is -0.353 e. The monoisotopic (exact) mass is 224 g/mol. The third-order valence-corrected chi connectivity index (χ3v) is 4.43. The van der Waals surface area contributed by atoms with E-state index in [0.29, 0.717) is 12.0 Å². The minimum atomic E-state index is 0.177. The van der Waals surface area contributed by atoms with E-state index in [1.807, 2.05) is 0 Å². The molecule has 0 radical (unpaired) electrons. The number of amides is 1. The fourth-order valence-electron chi connectivity index (χ4n) is 3.03. The van der Waals surface area contributed by atoms with Crippen LogP contribution in [0.25, 0.3) is 0 Å². The molecule has 2 rings (SSSR count). The van der Waals surface area contributed by atoms with Crippen molar-refractivity contribution in [1.29, 1.82) is 0 Å². The van der Waals surface area contributed by atoms with Gasteiger partial charge in [0, 0.05) is 12.6 Å². The molecule has 3 nitrogen and oxygen atoms in total. The SMILES string of the molecule is CC1CNCC1C(=O)NC1CCCC1(C)C. The zero-order chi connectivity index (χ0) is 11.8. The molecule has 3 unspecified atom stereocenters. The highest BCUT2D eigenvalue weighted by Crippen LogP contribution is 2.37. The molecule has 3 heteroatoms. The van der Waals surface area contributed by atoms with Crippen LogP contribution in [0.4, 0.5) is 0 Å². The van der Waals surface area contributed by atoms with Crippen LogP contribution in [-0.4, -0.2) is 25.0 Å². The molecule has 3 atom stereocenters. The van der Waals surface area contributed by atoms with Gasteiger partial charge in [-0.2, -0.15) is 0 Å². The summed E-state index contributed by atoms with van der Waals surface area (Å²) in [7, 11) is 0. The third kappa shape index (κ3) is 2.24. The summed E-state index contributed by atoms with van der Waals surface area (Å²) in [5, 5.41) is 6.55. The van der Waals surface area contributed by atoms with Gasteiger partial charge in [0.2, 0.25) is 5.91 Å². The van der Waals surface area contributed by atoms with E-state index in [9.17, 15) is 4.79 Å². The number of carbonyl (C=O) groups is 1. The lowest BCUT2D eigenvalue weighted by Gasteiger charge is -2.29. The first-order chi connectivity index (χ1) is 7.50. The maximum absolute atomic E-state index is 12.1. The lowest BCUT2D eigenvalue weighted by Crippen LogP contribution is -2.45. The molecule has 2 fully saturated rings. The number of rotatable bonds is 2. The van der Waals surface area contributed by atoms with Crippen LogP contribution in [0.3, 0.4) is 0 Å². The Hall–Kier alpha value is -0.570. The Morgan fingerprint density at radius 2 is 2.12 bits per heavy atom. The quantitative estimate of drug-likeness (QED) is 0.747. The summed E-state index contributed by atoms with van der Waals surface area (Å²) in [4.78, 5) is 12.1. The molecule has 1 saturated heterocycles. The van der Waals surface area contributed by atoms with Gasteiger partial charge in [0.25, 0.3) is 0 Å². The maximum Gasteiger partial charge on any atom is 0.224 e. The summed E-state index contributed by atoms with van der Waals surface area (Å²) in [6.45, 7) is 8.51. The predicted octanol–water partition coefficient (Wildman–Crippen LogP) is 1.54. The van der Waals surface area contributed by atoms with Crippen LogP contribution >= 0.6 is 0 Å². The predicted molar refractivity (Wildman–Crippen MR) is 65.1 cm³/mol. The van der Waals surface area contributed by atoms with Gasteiger partial charge >= 0.3 is 0 Å². The van der Waals surface area contributed by atoms with Gasteiger partial charge in [-0.15, -0.1) is 0 Å². The third-order valence-electron chi connectivity index (χ3n) is 4.43. The second-order valence-electron chi connectivity index (χ2n) is 6.18. The fourth-order valence-corrected chi connectivity index (χ4v) is 3.03. The van der Waals surface area contributed by atoms with E-state index in [-0.39, 0.29) is 17.2 Å². The van der Waals surface area contributed by atoms with Crippen LogP contribution in [-0.2, 0) is 4.79 Å². The van der Waals surface area contributed by atoms with E-state index < -0.39 is 0 Å². The van der Waals surface area contributed by atoms with Crippen LogP contribution in [0.15, 0.2) is 0 Å². The van der Waals surface area contributed by atoms with E-state index in [1.165, 1.54) is 12.8 Å². The van der Waals surface area contributed by atoms with Gasteiger partial charge in [0.15, 0.2) is 0 Å². The molecule has 0 aromatic carbocycles. The summed E-state index contributed by atoms with van der Waals surface area (Å²) in [5.74, 6) is 0.915. The van der Waals surface area contributed by atoms with Gasteiger partial charge in [0.05, 0.1) is 5.92 Å². The maximum atomic E-state index is 12.1. The Morgan fingerprint density at radius 3 is 2.62 bits per heavy atom. The Bertz CT molecular complexity index is 275. The standard InChI is InChI=1S/C13H24N2O/c1-9-7-14-8-10(9)12(16)15-11-5-4-6-13(11,2)3/h9-11,14H,4-8H2,1-3H3,(H,15,16). The first kappa shape index (κ1) is 11.9. The van der Waals surface area contributed by atoms with Crippen LogP contribution in [0.2, 0.25) is 0 Å². The van der Waals surface area contributed by atoms with Crippen molar-refractivity contribution >= 4 is 5.91 Å². The first-order valence-corrected chi connectivity index (χ1v) is 6.52. The molecular weight excluding hydrogens is 200 g/mol. The highest BCUT2D eigenvalue weighted by Gasteiger charge is 2.38. The number of hydrogen-bond donors (Lipinski definition) is 2. The van der Waals surface area contributed by atoms with Crippen LogP contribution in [0.1, 0.15) is 40.0 Å². The minimum absolute atomic E-state index is 0.177. The van der Waals surface area contributed by atoms with Crippen LogP contribution in [0, 0.1) is 17.3 Å². The molecule has 2 N–H and O–H groups in total. The van der Waals surface area contributed by atoms with Crippen molar-refractivity contribution in [1.82, 2.24) is 10.6 Å². The summed E-state index contributed by atoms with van der Waals surface area (Å²) < 4.78 is 0. The summed E-state index contributed by atoms with van der Waals surface area (Å²) in [6.07, 6.45) is 3.63. The normalized spacial score (nSPS) is 37.6. The molecule has 1 amide bonds. The average molecular weight is 224 g/mol. The smallest absolute Gasteiger partial charge is 0.224 e. The first-order valence-electron chi connectivity index (χ1n) is 6.52.